The molecule has 0 atom stereocenters. The van der Waals surface area contributed by atoms with Gasteiger partial charge in [-0.3, -0.25) is 4.90 Å². The van der Waals surface area contributed by atoms with Gasteiger partial charge in [-0.05, 0) is 37.6 Å². The van der Waals surface area contributed by atoms with Crippen LogP contribution in [-0.4, -0.2) is 48.8 Å². The van der Waals surface area contributed by atoms with Gasteiger partial charge in [0.15, 0.2) is 0 Å². The summed E-state index contributed by atoms with van der Waals surface area (Å²) in [5.74, 6) is 0. The van der Waals surface area contributed by atoms with Crippen molar-refractivity contribution in [3.63, 3.8) is 0 Å². The molecule has 0 heterocycles. The summed E-state index contributed by atoms with van der Waals surface area (Å²) in [6, 6.07) is 0.751. The van der Waals surface area contributed by atoms with Gasteiger partial charge in [-0.25, -0.2) is 0 Å². The first-order chi connectivity index (χ1) is 8.21. The van der Waals surface area contributed by atoms with Gasteiger partial charge in [0.25, 0.3) is 0 Å². The third kappa shape index (κ3) is 4.57. The average Bonchev–Trinajstić information content (AvgIpc) is 3.18. The fourth-order valence-corrected chi connectivity index (χ4v) is 2.56. The number of hydrogen-bond acceptors (Lipinski definition) is 3. The lowest BCUT2D eigenvalue weighted by Gasteiger charge is -2.37. The first-order valence-electron chi connectivity index (χ1n) is 7.27. The van der Waals surface area contributed by atoms with Crippen molar-refractivity contribution in [1.29, 1.82) is 0 Å². The van der Waals surface area contributed by atoms with Crippen molar-refractivity contribution in [2.75, 3.05) is 32.8 Å². The Bertz CT molecular complexity index is 200. The largest absolute Gasteiger partial charge is 0.395 e. The van der Waals surface area contributed by atoms with E-state index in [2.05, 4.69) is 31.0 Å². The highest BCUT2D eigenvalue weighted by Crippen LogP contribution is 2.33. The van der Waals surface area contributed by atoms with Crippen LogP contribution in [0.15, 0.2) is 0 Å². The predicted octanol–water partition coefficient (Wildman–Crippen LogP) is 1.86. The Morgan fingerprint density at radius 3 is 2.29 bits per heavy atom. The zero-order valence-corrected chi connectivity index (χ0v) is 11.8. The molecular weight excluding hydrogens is 212 g/mol. The Kier molecular flexibility index (Phi) is 6.45. The smallest absolute Gasteiger partial charge is 0.0558 e. The topological polar surface area (TPSA) is 35.5 Å². The number of nitrogens with one attached hydrogen (secondary N) is 1. The lowest BCUT2D eigenvalue weighted by Crippen LogP contribution is -2.45. The number of aliphatic hydroxyl groups is 1. The van der Waals surface area contributed by atoms with Crippen LogP contribution in [-0.2, 0) is 0 Å². The molecule has 1 rings (SSSR count). The highest BCUT2D eigenvalue weighted by atomic mass is 16.3. The lowest BCUT2D eigenvalue weighted by molar-refractivity contribution is 0.108. The van der Waals surface area contributed by atoms with Crippen LogP contribution in [0.4, 0.5) is 0 Å². The van der Waals surface area contributed by atoms with Crippen molar-refractivity contribution in [1.82, 2.24) is 10.2 Å². The molecule has 0 radical (unpaired) electrons. The molecule has 1 fully saturated rings. The van der Waals surface area contributed by atoms with E-state index in [0.29, 0.717) is 12.0 Å². The van der Waals surface area contributed by atoms with Crippen molar-refractivity contribution in [2.24, 2.45) is 5.41 Å². The highest BCUT2D eigenvalue weighted by Gasteiger charge is 2.35. The summed E-state index contributed by atoms with van der Waals surface area (Å²) < 4.78 is 0. The maximum absolute atomic E-state index is 9.17. The maximum atomic E-state index is 9.17. The standard InChI is InChI=1S/C14H30N2O/c1-4-14(5-2,11-15-6-3)12-16(9-10-17)13-7-8-13/h13,15,17H,4-12H2,1-3H3. The van der Waals surface area contributed by atoms with Gasteiger partial charge < -0.3 is 10.4 Å². The molecule has 1 aliphatic rings. The molecule has 1 aliphatic carbocycles. The van der Waals surface area contributed by atoms with Crippen LogP contribution in [0.2, 0.25) is 0 Å². The minimum Gasteiger partial charge on any atom is -0.395 e. The Hall–Kier alpha value is -0.120. The SMILES string of the molecule is CCNCC(CC)(CC)CN(CCO)C1CC1. The molecule has 3 heteroatoms. The van der Waals surface area contributed by atoms with Crippen LogP contribution in [0.5, 0.6) is 0 Å². The molecule has 0 saturated heterocycles. The third-order valence-electron chi connectivity index (χ3n) is 4.24. The molecule has 0 amide bonds. The van der Waals surface area contributed by atoms with Gasteiger partial charge in [0.2, 0.25) is 0 Å². The van der Waals surface area contributed by atoms with E-state index in [1.54, 1.807) is 0 Å². The molecule has 0 aliphatic heterocycles. The van der Waals surface area contributed by atoms with E-state index in [1.807, 2.05) is 0 Å². The molecule has 0 unspecified atom stereocenters. The fraction of sp³-hybridized carbons (Fsp3) is 1.00. The van der Waals surface area contributed by atoms with Crippen LogP contribution in [0.3, 0.4) is 0 Å². The molecule has 0 bridgehead atoms. The quantitative estimate of drug-likeness (QED) is 0.614. The first kappa shape index (κ1) is 14.9. The molecule has 3 nitrogen and oxygen atoms in total. The van der Waals surface area contributed by atoms with Crippen LogP contribution >= 0.6 is 0 Å². The first-order valence-corrected chi connectivity index (χ1v) is 7.27. The number of rotatable bonds is 10. The summed E-state index contributed by atoms with van der Waals surface area (Å²) in [5.41, 5.74) is 0.383. The van der Waals surface area contributed by atoms with Crippen molar-refractivity contribution >= 4 is 0 Å². The van der Waals surface area contributed by atoms with Crippen molar-refractivity contribution in [3.8, 4) is 0 Å². The zero-order valence-electron chi connectivity index (χ0n) is 11.8. The van der Waals surface area contributed by atoms with E-state index in [1.165, 1.54) is 25.7 Å². The average molecular weight is 242 g/mol. The molecule has 17 heavy (non-hydrogen) atoms. The molecule has 0 spiro atoms. The normalized spacial score (nSPS) is 16.8. The Morgan fingerprint density at radius 2 is 1.88 bits per heavy atom. The molecule has 0 aromatic carbocycles. The monoisotopic (exact) mass is 242 g/mol. The number of hydrogen-bond donors (Lipinski definition) is 2. The van der Waals surface area contributed by atoms with Crippen LogP contribution in [0, 0.1) is 5.41 Å². The van der Waals surface area contributed by atoms with E-state index >= 15 is 0 Å². The molecule has 2 N–H and O–H groups in total. The van der Waals surface area contributed by atoms with Crippen molar-refractivity contribution in [3.05, 3.63) is 0 Å². The summed E-state index contributed by atoms with van der Waals surface area (Å²) in [6.07, 6.45) is 5.08. The minimum absolute atomic E-state index is 0.293. The molecule has 0 aromatic rings. The summed E-state index contributed by atoms with van der Waals surface area (Å²) in [5, 5.41) is 12.7. The lowest BCUT2D eigenvalue weighted by atomic mass is 9.81. The van der Waals surface area contributed by atoms with Gasteiger partial charge in [0.1, 0.15) is 0 Å². The van der Waals surface area contributed by atoms with Crippen molar-refractivity contribution < 1.29 is 5.11 Å². The second kappa shape index (κ2) is 7.34. The third-order valence-corrected chi connectivity index (χ3v) is 4.24. The Morgan fingerprint density at radius 1 is 1.24 bits per heavy atom. The molecule has 1 saturated carbocycles. The summed E-state index contributed by atoms with van der Waals surface area (Å²) in [6.45, 7) is 11.2. The van der Waals surface area contributed by atoms with Gasteiger partial charge >= 0.3 is 0 Å². The minimum atomic E-state index is 0.293. The van der Waals surface area contributed by atoms with Crippen LogP contribution < -0.4 is 5.32 Å². The maximum Gasteiger partial charge on any atom is 0.0558 e. The second-order valence-corrected chi connectivity index (χ2v) is 5.41. The Balaban J connectivity index is 2.55. The summed E-state index contributed by atoms with van der Waals surface area (Å²) >= 11 is 0. The van der Waals surface area contributed by atoms with Gasteiger partial charge in [-0.1, -0.05) is 20.8 Å². The highest BCUT2D eigenvalue weighted by molar-refractivity contribution is 4.90. The van der Waals surface area contributed by atoms with Gasteiger partial charge in [-0.15, -0.1) is 0 Å². The van der Waals surface area contributed by atoms with Gasteiger partial charge in [0, 0.05) is 25.7 Å². The zero-order chi connectivity index (χ0) is 12.7. The number of aliphatic hydroxyl groups excluding tert-OH is 1. The van der Waals surface area contributed by atoms with Crippen molar-refractivity contribution in [2.45, 2.75) is 52.5 Å². The molecule has 0 aromatic heterocycles. The molecule has 102 valence electrons. The van der Waals surface area contributed by atoms with E-state index in [-0.39, 0.29) is 0 Å². The van der Waals surface area contributed by atoms with Gasteiger partial charge in [0.05, 0.1) is 6.61 Å². The van der Waals surface area contributed by atoms with Crippen LogP contribution in [0.25, 0.3) is 0 Å². The van der Waals surface area contributed by atoms with E-state index in [9.17, 15) is 5.11 Å². The molecular formula is C14H30N2O. The second-order valence-electron chi connectivity index (χ2n) is 5.41. The van der Waals surface area contributed by atoms with Crippen LogP contribution in [0.1, 0.15) is 46.5 Å². The predicted molar refractivity (Wildman–Crippen MR) is 73.2 cm³/mol. The Labute approximate surface area is 107 Å². The summed E-state index contributed by atoms with van der Waals surface area (Å²) in [7, 11) is 0. The van der Waals surface area contributed by atoms with E-state index in [0.717, 1.165) is 32.2 Å². The van der Waals surface area contributed by atoms with E-state index in [4.69, 9.17) is 0 Å². The summed E-state index contributed by atoms with van der Waals surface area (Å²) in [4.78, 5) is 2.50. The van der Waals surface area contributed by atoms with Gasteiger partial charge in [-0.2, -0.15) is 0 Å². The number of nitrogens with zero attached hydrogens (tertiary/aromatic N) is 1. The fourth-order valence-electron chi connectivity index (χ4n) is 2.56. The van der Waals surface area contributed by atoms with E-state index < -0.39 is 0 Å².